The second-order valence-electron chi connectivity index (χ2n) is 16.1. The van der Waals surface area contributed by atoms with Gasteiger partial charge < -0.3 is 38.9 Å². The third-order valence-corrected chi connectivity index (χ3v) is 10.9. The normalized spacial score (nSPS) is 28.6. The zero-order valence-electron chi connectivity index (χ0n) is 35.6. The molecular formula is C44H58N4O13. The highest BCUT2D eigenvalue weighted by Gasteiger charge is 2.58. The minimum atomic E-state index is -0.896. The number of nitrogens with one attached hydrogen (secondary N) is 2. The van der Waals surface area contributed by atoms with Crippen molar-refractivity contribution in [2.24, 2.45) is 11.0 Å². The maximum atomic E-state index is 13.0. The Hall–Kier alpha value is -5.23. The predicted molar refractivity (Wildman–Crippen MR) is 219 cm³/mol. The van der Waals surface area contributed by atoms with Crippen LogP contribution in [0.25, 0.3) is 0 Å². The highest BCUT2D eigenvalue weighted by molar-refractivity contribution is 6.01. The number of aliphatic hydroxyl groups is 1. The fraction of sp³-hybridized carbons (Fsp3) is 0.568. The van der Waals surface area contributed by atoms with Gasteiger partial charge in [-0.3, -0.25) is 24.0 Å². The number of hydrogen-bond donors (Lipinski definition) is 3. The molecule has 0 unspecified atom stereocenters. The number of hydroxylamine groups is 2. The van der Waals surface area contributed by atoms with E-state index in [0.29, 0.717) is 42.4 Å². The topological polar surface area (TPSA) is 221 Å². The van der Waals surface area contributed by atoms with E-state index < -0.39 is 53.8 Å². The fourth-order valence-electron chi connectivity index (χ4n) is 7.35. The van der Waals surface area contributed by atoms with Crippen LogP contribution in [0.2, 0.25) is 0 Å². The number of amides is 4. The Morgan fingerprint density at radius 2 is 1.75 bits per heavy atom. The van der Waals surface area contributed by atoms with Gasteiger partial charge in [-0.05, 0) is 88.8 Å². The summed E-state index contributed by atoms with van der Waals surface area (Å²) in [7, 11) is 0. The summed E-state index contributed by atoms with van der Waals surface area (Å²) in [4.78, 5) is 76.6. The van der Waals surface area contributed by atoms with Crippen LogP contribution in [0.5, 0.6) is 5.75 Å². The highest BCUT2D eigenvalue weighted by Crippen LogP contribution is 2.43. The van der Waals surface area contributed by atoms with Crippen LogP contribution in [0.4, 0.5) is 0 Å². The summed E-state index contributed by atoms with van der Waals surface area (Å²) in [6.07, 6.45) is 7.93. The van der Waals surface area contributed by atoms with Crippen molar-refractivity contribution in [1.29, 1.82) is 0 Å². The summed E-state index contributed by atoms with van der Waals surface area (Å²) in [5.74, 6) is -2.05. The quantitative estimate of drug-likeness (QED) is 0.0281. The SMILES string of the molecule is CC(=O)O[C@@H](C)/C=C\C(=O)N[C@@H]1C[C@H](C)[C@H](C/C=C(C)/C=C/[C@H]2O[C@H](CC(=O)NN=C(C)c3ccc(OCCCC(=O)ON4C(=O)CCC4=O)cc3)C[C@@]3(CO3)[C@@H]2O)O[C@@H]1C. The van der Waals surface area contributed by atoms with Crippen molar-refractivity contribution in [2.45, 2.75) is 141 Å². The van der Waals surface area contributed by atoms with Gasteiger partial charge in [0.05, 0.1) is 56.1 Å². The molecule has 4 aliphatic heterocycles. The van der Waals surface area contributed by atoms with Gasteiger partial charge in [0.15, 0.2) is 0 Å². The molecule has 4 aliphatic rings. The number of esters is 1. The summed E-state index contributed by atoms with van der Waals surface area (Å²) < 4.78 is 28.9. The minimum Gasteiger partial charge on any atom is -0.494 e. The molecule has 4 fully saturated rings. The smallest absolute Gasteiger partial charge is 0.333 e. The van der Waals surface area contributed by atoms with Gasteiger partial charge in [0.2, 0.25) is 11.8 Å². The largest absolute Gasteiger partial charge is 0.494 e. The Bertz CT molecular complexity index is 1870. The van der Waals surface area contributed by atoms with Crippen LogP contribution in [0.1, 0.15) is 98.5 Å². The van der Waals surface area contributed by atoms with E-state index >= 15 is 0 Å². The molecule has 0 saturated carbocycles. The third-order valence-electron chi connectivity index (χ3n) is 10.9. The van der Waals surface area contributed by atoms with Crippen LogP contribution >= 0.6 is 0 Å². The van der Waals surface area contributed by atoms with Gasteiger partial charge in [0.25, 0.3) is 11.8 Å². The Kier molecular flexibility index (Phi) is 16.5. The zero-order chi connectivity index (χ0) is 44.3. The summed E-state index contributed by atoms with van der Waals surface area (Å²) >= 11 is 0. The zero-order valence-corrected chi connectivity index (χ0v) is 35.6. The van der Waals surface area contributed by atoms with Crippen molar-refractivity contribution < 1.29 is 62.4 Å². The molecule has 61 heavy (non-hydrogen) atoms. The molecule has 4 saturated heterocycles. The number of rotatable bonds is 18. The van der Waals surface area contributed by atoms with Gasteiger partial charge in [0.1, 0.15) is 29.7 Å². The number of epoxide rings is 1. The van der Waals surface area contributed by atoms with Gasteiger partial charge in [0, 0.05) is 32.3 Å². The molecule has 3 N–H and O–H groups in total. The van der Waals surface area contributed by atoms with Gasteiger partial charge >= 0.3 is 11.9 Å². The number of nitrogens with zero attached hydrogens (tertiary/aromatic N) is 2. The molecule has 1 aromatic rings. The van der Waals surface area contributed by atoms with Gasteiger partial charge in [-0.25, -0.2) is 10.2 Å². The molecule has 0 aromatic heterocycles. The van der Waals surface area contributed by atoms with Crippen LogP contribution in [0, 0.1) is 5.92 Å². The second-order valence-corrected chi connectivity index (χ2v) is 16.1. The Labute approximate surface area is 355 Å². The highest BCUT2D eigenvalue weighted by atomic mass is 16.7. The Morgan fingerprint density at radius 1 is 1.05 bits per heavy atom. The van der Waals surface area contributed by atoms with E-state index in [1.807, 2.05) is 19.9 Å². The summed E-state index contributed by atoms with van der Waals surface area (Å²) in [6, 6.07) is 6.87. The minimum absolute atomic E-state index is 0.0129. The lowest BCUT2D eigenvalue weighted by molar-refractivity contribution is -0.197. The summed E-state index contributed by atoms with van der Waals surface area (Å²) in [6.45, 7) is 11.3. The molecule has 17 heteroatoms. The lowest BCUT2D eigenvalue weighted by Crippen LogP contribution is -2.50. The molecule has 17 nitrogen and oxygen atoms in total. The van der Waals surface area contributed by atoms with Gasteiger partial charge in [-0.2, -0.15) is 5.10 Å². The first-order valence-electron chi connectivity index (χ1n) is 20.8. The predicted octanol–water partition coefficient (Wildman–Crippen LogP) is 3.67. The summed E-state index contributed by atoms with van der Waals surface area (Å²) in [5, 5.41) is 18.9. The number of hydrazone groups is 1. The lowest BCUT2D eigenvalue weighted by Gasteiger charge is -2.39. The first kappa shape index (κ1) is 46.8. The number of carbonyl (C=O) groups excluding carboxylic acids is 6. The van der Waals surface area contributed by atoms with Crippen LogP contribution < -0.4 is 15.5 Å². The molecule has 332 valence electrons. The lowest BCUT2D eigenvalue weighted by atomic mass is 9.87. The Balaban J connectivity index is 1.03. The van der Waals surface area contributed by atoms with Crippen LogP contribution in [-0.4, -0.2) is 113 Å². The van der Waals surface area contributed by atoms with Crippen molar-refractivity contribution in [1.82, 2.24) is 15.8 Å². The number of carbonyl (C=O) groups is 6. The second kappa shape index (κ2) is 21.5. The molecule has 0 bridgehead atoms. The van der Waals surface area contributed by atoms with Gasteiger partial charge in [-0.15, -0.1) is 5.06 Å². The van der Waals surface area contributed by atoms with E-state index in [1.165, 1.54) is 19.1 Å². The first-order chi connectivity index (χ1) is 29.0. The average molecular weight is 851 g/mol. The molecule has 9 atom stereocenters. The number of aliphatic hydroxyl groups excluding tert-OH is 1. The molecule has 0 aliphatic carbocycles. The van der Waals surface area contributed by atoms with E-state index in [9.17, 15) is 33.9 Å². The molecule has 0 radical (unpaired) electrons. The van der Waals surface area contributed by atoms with Crippen molar-refractivity contribution in [3.8, 4) is 5.75 Å². The van der Waals surface area contributed by atoms with Crippen molar-refractivity contribution in [2.75, 3.05) is 13.2 Å². The summed E-state index contributed by atoms with van der Waals surface area (Å²) in [5.41, 5.74) is 4.09. The molecular weight excluding hydrogens is 792 g/mol. The molecule has 1 aromatic carbocycles. The van der Waals surface area contributed by atoms with Crippen LogP contribution in [0.3, 0.4) is 0 Å². The fourth-order valence-corrected chi connectivity index (χ4v) is 7.35. The van der Waals surface area contributed by atoms with Crippen LogP contribution in [0.15, 0.2) is 65.3 Å². The molecule has 5 rings (SSSR count). The standard InChI is InChI=1S/C44H58N4O13/c1-26(9-16-36-27(2)22-35(30(5)59-36)45-38(50)18-11-28(3)58-31(6)49)10-17-37-43(55)44(25-57-44)24-34(60-37)23-39(51)47-46-29(4)32-12-14-33(15-13-32)56-21-7-8-42(54)61-48-40(52)19-20-41(48)53/h9-15,17-18,27-28,30,34-37,43,55H,7-8,16,19-25H2,1-6H3,(H,45,50)(H,47,51)/b17-10+,18-11-,26-9+,46-29?/t27-,28-,30+,34+,35+,36-,37+,43+,44+/m0/s1. The van der Waals surface area contributed by atoms with E-state index in [2.05, 4.69) is 28.8 Å². The van der Waals surface area contributed by atoms with E-state index in [-0.39, 0.29) is 68.3 Å². The monoisotopic (exact) mass is 850 g/mol. The molecule has 4 heterocycles. The number of ether oxygens (including phenoxy) is 5. The third kappa shape index (κ3) is 13.9. The number of benzene rings is 1. The number of hydrogen-bond acceptors (Lipinski definition) is 14. The van der Waals surface area contributed by atoms with E-state index in [0.717, 1.165) is 17.6 Å². The molecule has 4 amide bonds. The van der Waals surface area contributed by atoms with Crippen LogP contribution in [-0.2, 0) is 52.6 Å². The number of imide groups is 1. The van der Waals surface area contributed by atoms with E-state index in [1.54, 1.807) is 44.2 Å². The average Bonchev–Trinajstić information content (AvgIpc) is 3.92. The van der Waals surface area contributed by atoms with E-state index in [4.69, 9.17) is 28.5 Å². The Morgan fingerprint density at radius 3 is 2.43 bits per heavy atom. The maximum Gasteiger partial charge on any atom is 0.333 e. The van der Waals surface area contributed by atoms with Gasteiger partial charge in [-0.1, -0.05) is 30.7 Å². The number of allylic oxidation sites excluding steroid dienone is 2. The maximum absolute atomic E-state index is 13.0. The van der Waals surface area contributed by atoms with Crippen molar-refractivity contribution >= 4 is 41.3 Å². The molecule has 1 spiro atoms. The van der Waals surface area contributed by atoms with Crippen molar-refractivity contribution in [3.63, 3.8) is 0 Å². The first-order valence-corrected chi connectivity index (χ1v) is 20.8. The van der Waals surface area contributed by atoms with Crippen molar-refractivity contribution in [3.05, 3.63) is 65.8 Å².